The van der Waals surface area contributed by atoms with E-state index in [4.69, 9.17) is 4.98 Å². The molecule has 0 saturated carbocycles. The highest BCUT2D eigenvalue weighted by molar-refractivity contribution is 7.00. The predicted molar refractivity (Wildman–Crippen MR) is 151 cm³/mol. The molecule has 2 aliphatic heterocycles. The number of aromatic nitrogens is 2. The van der Waals surface area contributed by atoms with E-state index in [1.165, 1.54) is 22.1 Å². The lowest BCUT2D eigenvalue weighted by atomic mass is 9.33. The Morgan fingerprint density at radius 2 is 1.28 bits per heavy atom. The van der Waals surface area contributed by atoms with Gasteiger partial charge in [-0.05, 0) is 71.0 Å². The minimum absolute atomic E-state index is 0.152. The molecular weight excluding hydrogens is 439 g/mol. The first-order chi connectivity index (χ1) is 17.8. The molecule has 5 aromatic carbocycles. The van der Waals surface area contributed by atoms with Crippen molar-refractivity contribution in [3.63, 3.8) is 0 Å². The number of rotatable bonds is 2. The largest absolute Gasteiger partial charge is 0.356 e. The van der Waals surface area contributed by atoms with Gasteiger partial charge in [0, 0.05) is 34.0 Å². The van der Waals surface area contributed by atoms with Crippen LogP contribution in [0.4, 0.5) is 22.7 Å². The van der Waals surface area contributed by atoms with Crippen molar-refractivity contribution in [2.75, 3.05) is 10.6 Å². The van der Waals surface area contributed by atoms with E-state index in [2.05, 4.69) is 130 Å². The number of hydrogen-bond acceptors (Lipinski definition) is 3. The minimum Gasteiger partial charge on any atom is -0.356 e. The lowest BCUT2D eigenvalue weighted by Gasteiger charge is -2.34. The third-order valence-corrected chi connectivity index (χ3v) is 7.40. The van der Waals surface area contributed by atoms with Gasteiger partial charge in [-0.15, -0.1) is 0 Å². The van der Waals surface area contributed by atoms with Crippen LogP contribution < -0.4 is 27.0 Å². The van der Waals surface area contributed by atoms with E-state index < -0.39 is 0 Å². The van der Waals surface area contributed by atoms with Gasteiger partial charge in [0.1, 0.15) is 5.82 Å². The fraction of sp³-hybridized carbons (Fsp3) is 0. The van der Waals surface area contributed by atoms with Crippen LogP contribution in [0.25, 0.3) is 28.1 Å². The van der Waals surface area contributed by atoms with Gasteiger partial charge in [0.15, 0.2) is 0 Å². The Labute approximate surface area is 209 Å². The van der Waals surface area contributed by atoms with Crippen LogP contribution in [-0.4, -0.2) is 16.3 Å². The number of para-hydroxylation sites is 4. The zero-order chi connectivity index (χ0) is 23.6. The molecule has 0 aliphatic carbocycles. The summed E-state index contributed by atoms with van der Waals surface area (Å²) in [4.78, 5) is 5.11. The number of fused-ring (bicyclic) bond motifs is 5. The SMILES string of the molecule is c1ccc(-n2c(-c3ccc4c(c3)B3c5ccccc5Nc5cccc(c53)N4)nc3ccccc32)cc1. The lowest BCUT2D eigenvalue weighted by molar-refractivity contribution is 1.10. The second kappa shape index (κ2) is 7.36. The topological polar surface area (TPSA) is 41.9 Å². The summed E-state index contributed by atoms with van der Waals surface area (Å²) in [5.41, 5.74) is 12.8. The minimum atomic E-state index is 0.152. The van der Waals surface area contributed by atoms with E-state index in [9.17, 15) is 0 Å². The number of imidazole rings is 1. The Balaban J connectivity index is 1.38. The third-order valence-electron chi connectivity index (χ3n) is 7.40. The van der Waals surface area contributed by atoms with E-state index in [1.54, 1.807) is 0 Å². The van der Waals surface area contributed by atoms with Crippen LogP contribution in [0.15, 0.2) is 115 Å². The molecule has 3 heterocycles. The van der Waals surface area contributed by atoms with Crippen molar-refractivity contribution in [3.05, 3.63) is 115 Å². The van der Waals surface area contributed by atoms with Crippen molar-refractivity contribution >= 4 is 56.9 Å². The summed E-state index contributed by atoms with van der Waals surface area (Å²) in [5.74, 6) is 0.950. The summed E-state index contributed by atoms with van der Waals surface area (Å²) in [6, 6.07) is 40.7. The van der Waals surface area contributed by atoms with Gasteiger partial charge >= 0.3 is 0 Å². The van der Waals surface area contributed by atoms with E-state index in [1.807, 2.05) is 0 Å². The second-order valence-electron chi connectivity index (χ2n) is 9.43. The third kappa shape index (κ3) is 2.74. The first-order valence-electron chi connectivity index (χ1n) is 12.3. The molecule has 36 heavy (non-hydrogen) atoms. The molecule has 2 aliphatic rings. The fourth-order valence-corrected chi connectivity index (χ4v) is 5.84. The van der Waals surface area contributed by atoms with Crippen molar-refractivity contribution in [2.45, 2.75) is 0 Å². The standard InChI is InChI=1S/C31H21BN4/c1-2-9-21(10-3-1)36-29-16-7-6-13-26(29)35-31(36)20-17-18-25-23(19-20)32-22-11-4-5-12-24(22)33-27-14-8-15-28(34-25)30(27)32/h1-19,33-34H. The Morgan fingerprint density at radius 3 is 2.14 bits per heavy atom. The van der Waals surface area contributed by atoms with E-state index in [0.717, 1.165) is 45.2 Å². The molecule has 8 rings (SSSR count). The summed E-state index contributed by atoms with van der Waals surface area (Å²) in [6.07, 6.45) is 0. The molecule has 0 fully saturated rings. The second-order valence-corrected chi connectivity index (χ2v) is 9.43. The van der Waals surface area contributed by atoms with Crippen molar-refractivity contribution in [1.29, 1.82) is 0 Å². The summed E-state index contributed by atoms with van der Waals surface area (Å²) in [6.45, 7) is 0.152. The molecule has 0 saturated heterocycles. The Hall–Kier alpha value is -4.77. The van der Waals surface area contributed by atoms with Crippen LogP contribution >= 0.6 is 0 Å². The Morgan fingerprint density at radius 1 is 0.583 bits per heavy atom. The van der Waals surface area contributed by atoms with Gasteiger partial charge in [0.25, 0.3) is 6.71 Å². The molecular formula is C31H21BN4. The summed E-state index contributed by atoms with van der Waals surface area (Å²) >= 11 is 0. The number of nitrogens with one attached hydrogen (secondary N) is 2. The monoisotopic (exact) mass is 460 g/mol. The molecule has 0 unspecified atom stereocenters. The van der Waals surface area contributed by atoms with E-state index in [0.29, 0.717) is 0 Å². The van der Waals surface area contributed by atoms with Gasteiger partial charge < -0.3 is 10.6 Å². The smallest absolute Gasteiger partial charge is 0.252 e. The van der Waals surface area contributed by atoms with Gasteiger partial charge in [-0.25, -0.2) is 4.98 Å². The van der Waals surface area contributed by atoms with E-state index in [-0.39, 0.29) is 6.71 Å². The fourth-order valence-electron chi connectivity index (χ4n) is 5.84. The molecule has 0 radical (unpaired) electrons. The van der Waals surface area contributed by atoms with E-state index >= 15 is 0 Å². The Bertz CT molecular complexity index is 1790. The zero-order valence-corrected chi connectivity index (χ0v) is 19.4. The first-order valence-corrected chi connectivity index (χ1v) is 12.3. The molecule has 168 valence electrons. The lowest BCUT2D eigenvalue weighted by Crippen LogP contribution is -2.59. The van der Waals surface area contributed by atoms with Crippen LogP contribution in [0.3, 0.4) is 0 Å². The molecule has 4 nitrogen and oxygen atoms in total. The maximum atomic E-state index is 5.11. The number of anilines is 4. The maximum Gasteiger partial charge on any atom is 0.252 e. The molecule has 0 bridgehead atoms. The van der Waals surface area contributed by atoms with Crippen molar-refractivity contribution < 1.29 is 0 Å². The van der Waals surface area contributed by atoms with Crippen molar-refractivity contribution in [2.24, 2.45) is 0 Å². The summed E-state index contributed by atoms with van der Waals surface area (Å²) in [5, 5.41) is 7.34. The van der Waals surface area contributed by atoms with Crippen molar-refractivity contribution in [3.8, 4) is 17.1 Å². The molecule has 2 N–H and O–H groups in total. The van der Waals surface area contributed by atoms with Crippen LogP contribution in [0.1, 0.15) is 0 Å². The zero-order valence-electron chi connectivity index (χ0n) is 19.4. The van der Waals surface area contributed by atoms with Gasteiger partial charge in [0.2, 0.25) is 0 Å². The first kappa shape index (κ1) is 19.5. The molecule has 6 aromatic rings. The molecule has 0 atom stereocenters. The van der Waals surface area contributed by atoms with Crippen LogP contribution in [0.2, 0.25) is 0 Å². The highest BCUT2D eigenvalue weighted by atomic mass is 15.1. The molecule has 5 heteroatoms. The maximum absolute atomic E-state index is 5.11. The highest BCUT2D eigenvalue weighted by Gasteiger charge is 2.37. The molecule has 0 spiro atoms. The van der Waals surface area contributed by atoms with Gasteiger partial charge in [-0.1, -0.05) is 60.7 Å². The number of benzene rings is 5. The highest BCUT2D eigenvalue weighted by Crippen LogP contribution is 2.33. The van der Waals surface area contributed by atoms with Crippen LogP contribution in [0.5, 0.6) is 0 Å². The number of hydrogen-bond donors (Lipinski definition) is 2. The number of nitrogens with zero attached hydrogens (tertiary/aromatic N) is 2. The quantitative estimate of drug-likeness (QED) is 0.343. The summed E-state index contributed by atoms with van der Waals surface area (Å²) < 4.78 is 2.27. The summed E-state index contributed by atoms with van der Waals surface area (Å²) in [7, 11) is 0. The molecule has 1 aromatic heterocycles. The van der Waals surface area contributed by atoms with Crippen molar-refractivity contribution in [1.82, 2.24) is 9.55 Å². The van der Waals surface area contributed by atoms with Crippen LogP contribution in [-0.2, 0) is 0 Å². The molecule has 0 amide bonds. The van der Waals surface area contributed by atoms with Crippen LogP contribution in [0, 0.1) is 0 Å². The Kier molecular flexibility index (Phi) is 4.00. The normalized spacial score (nSPS) is 12.8. The average molecular weight is 460 g/mol. The van der Waals surface area contributed by atoms with Gasteiger partial charge in [0.05, 0.1) is 11.0 Å². The average Bonchev–Trinajstić information content (AvgIpc) is 3.33. The van der Waals surface area contributed by atoms with Gasteiger partial charge in [-0.2, -0.15) is 0 Å². The van der Waals surface area contributed by atoms with Gasteiger partial charge in [-0.3, -0.25) is 4.57 Å². The predicted octanol–water partition coefficient (Wildman–Crippen LogP) is 5.32.